The zero-order valence-electron chi connectivity index (χ0n) is 21.5. The Bertz CT molecular complexity index is 1220. The van der Waals surface area contributed by atoms with Crippen LogP contribution in [0.1, 0.15) is 66.3 Å². The lowest BCUT2D eigenvalue weighted by Crippen LogP contribution is -2.52. The standard InChI is InChI=1S/C29H31F6NO3/c1-16(27(37)38)26(18-6-7-18)19-8-5-17-3-2-4-24(39-25(17)12-19)21-14-36(15-21)13-20-11-22(28(30,31)32)9-10-23(20)29(33,34)35/h5,8-12,16,18,21,24,26H,2-4,6-7,13-15H2,1H3,(H,37,38)/t16-,24?,26-/m0/s1. The molecular formula is C29H31F6NO3. The third-order valence-corrected chi connectivity index (χ3v) is 8.39. The van der Waals surface area contributed by atoms with E-state index in [1.54, 1.807) is 11.8 Å². The second-order valence-corrected chi connectivity index (χ2v) is 11.2. The van der Waals surface area contributed by atoms with Crippen LogP contribution in [0.3, 0.4) is 0 Å². The molecule has 2 fully saturated rings. The van der Waals surface area contributed by atoms with E-state index in [1.165, 1.54) is 0 Å². The zero-order valence-corrected chi connectivity index (χ0v) is 21.5. The quantitative estimate of drug-likeness (QED) is 0.369. The average molecular weight is 556 g/mol. The number of hydrogen-bond acceptors (Lipinski definition) is 3. The van der Waals surface area contributed by atoms with E-state index in [0.717, 1.165) is 49.0 Å². The van der Waals surface area contributed by atoms with Gasteiger partial charge in [-0.1, -0.05) is 19.1 Å². The number of benzene rings is 2. The minimum atomic E-state index is -4.74. The molecule has 1 saturated heterocycles. The first kappa shape index (κ1) is 27.8. The molecule has 212 valence electrons. The summed E-state index contributed by atoms with van der Waals surface area (Å²) in [6.45, 7) is 2.36. The first-order valence-corrected chi connectivity index (χ1v) is 13.3. The summed E-state index contributed by atoms with van der Waals surface area (Å²) in [5, 5.41) is 9.62. The van der Waals surface area contributed by atoms with Gasteiger partial charge in [-0.15, -0.1) is 0 Å². The van der Waals surface area contributed by atoms with Crippen LogP contribution in [0.25, 0.3) is 0 Å². The Morgan fingerprint density at radius 3 is 2.36 bits per heavy atom. The van der Waals surface area contributed by atoms with Crippen molar-refractivity contribution in [1.82, 2.24) is 4.90 Å². The van der Waals surface area contributed by atoms with Gasteiger partial charge in [-0.3, -0.25) is 9.69 Å². The maximum atomic E-state index is 13.5. The van der Waals surface area contributed by atoms with E-state index in [1.807, 2.05) is 18.2 Å². The van der Waals surface area contributed by atoms with Crippen molar-refractivity contribution >= 4 is 5.97 Å². The molecule has 0 bridgehead atoms. The normalized spacial score (nSPS) is 22.3. The lowest BCUT2D eigenvalue weighted by atomic mass is 9.82. The summed E-state index contributed by atoms with van der Waals surface area (Å²) >= 11 is 0. The lowest BCUT2D eigenvalue weighted by Gasteiger charge is -2.43. The molecule has 3 atom stereocenters. The van der Waals surface area contributed by atoms with Crippen molar-refractivity contribution in [1.29, 1.82) is 0 Å². The average Bonchev–Trinajstić information content (AvgIpc) is 3.67. The van der Waals surface area contributed by atoms with Crippen LogP contribution >= 0.6 is 0 Å². The molecule has 0 radical (unpaired) electrons. The van der Waals surface area contributed by atoms with Crippen molar-refractivity contribution < 1.29 is 41.0 Å². The van der Waals surface area contributed by atoms with Gasteiger partial charge in [-0.2, -0.15) is 26.3 Å². The van der Waals surface area contributed by atoms with Gasteiger partial charge in [0.25, 0.3) is 0 Å². The molecule has 10 heteroatoms. The van der Waals surface area contributed by atoms with Crippen LogP contribution in [-0.2, 0) is 30.1 Å². The number of aryl methyl sites for hydroxylation is 1. The minimum absolute atomic E-state index is 0.0388. The van der Waals surface area contributed by atoms with Gasteiger partial charge in [-0.25, -0.2) is 0 Å². The largest absolute Gasteiger partial charge is 0.490 e. The van der Waals surface area contributed by atoms with Crippen LogP contribution in [0.2, 0.25) is 0 Å². The fraction of sp³-hybridized carbons (Fsp3) is 0.552. The number of halogens is 6. The van der Waals surface area contributed by atoms with E-state index >= 15 is 0 Å². The summed E-state index contributed by atoms with van der Waals surface area (Å²) < 4.78 is 86.4. The summed E-state index contributed by atoms with van der Waals surface area (Å²) in [6, 6.07) is 7.56. The first-order chi connectivity index (χ1) is 18.3. The van der Waals surface area contributed by atoms with Crippen molar-refractivity contribution in [3.05, 3.63) is 64.2 Å². The molecular weight excluding hydrogens is 524 g/mol. The van der Waals surface area contributed by atoms with Crippen LogP contribution in [0, 0.1) is 17.8 Å². The lowest BCUT2D eigenvalue weighted by molar-refractivity contribution is -0.142. The van der Waals surface area contributed by atoms with Crippen molar-refractivity contribution in [2.75, 3.05) is 13.1 Å². The topological polar surface area (TPSA) is 49.8 Å². The molecule has 2 aromatic carbocycles. The molecule has 0 aromatic heterocycles. The molecule has 4 nitrogen and oxygen atoms in total. The molecule has 5 rings (SSSR count). The second-order valence-electron chi connectivity index (χ2n) is 11.2. The third-order valence-electron chi connectivity index (χ3n) is 8.39. The van der Waals surface area contributed by atoms with Crippen molar-refractivity contribution in [3.63, 3.8) is 0 Å². The van der Waals surface area contributed by atoms with Gasteiger partial charge < -0.3 is 9.84 Å². The minimum Gasteiger partial charge on any atom is -0.490 e. The molecule has 2 heterocycles. The fourth-order valence-electron chi connectivity index (χ4n) is 6.11. The second kappa shape index (κ2) is 10.3. The van der Waals surface area contributed by atoms with E-state index in [4.69, 9.17) is 4.74 Å². The number of likely N-dealkylation sites (tertiary alicyclic amines) is 1. The van der Waals surface area contributed by atoms with Gasteiger partial charge in [0.15, 0.2) is 0 Å². The summed E-state index contributed by atoms with van der Waals surface area (Å²) in [7, 11) is 0. The zero-order chi connectivity index (χ0) is 28.1. The highest BCUT2D eigenvalue weighted by Gasteiger charge is 2.41. The molecule has 0 amide bonds. The number of aliphatic carboxylic acids is 1. The van der Waals surface area contributed by atoms with E-state index in [-0.39, 0.29) is 30.0 Å². The van der Waals surface area contributed by atoms with Crippen molar-refractivity contribution in [3.8, 4) is 5.75 Å². The van der Waals surface area contributed by atoms with Crippen LogP contribution in [0.4, 0.5) is 26.3 Å². The number of nitrogens with zero attached hydrogens (tertiary/aromatic N) is 1. The van der Waals surface area contributed by atoms with Gasteiger partial charge in [0.1, 0.15) is 11.9 Å². The Balaban J connectivity index is 1.28. The summed E-state index contributed by atoms with van der Waals surface area (Å²) in [5.41, 5.74) is -0.526. The molecule has 3 aliphatic rings. The summed E-state index contributed by atoms with van der Waals surface area (Å²) in [4.78, 5) is 13.5. The number of fused-ring (bicyclic) bond motifs is 1. The molecule has 1 N–H and O–H groups in total. The molecule has 1 unspecified atom stereocenters. The van der Waals surface area contributed by atoms with Gasteiger partial charge in [0.05, 0.1) is 17.0 Å². The third kappa shape index (κ3) is 6.05. The maximum absolute atomic E-state index is 13.5. The number of carboxylic acids is 1. The number of alkyl halides is 6. The Morgan fingerprint density at radius 1 is 1.03 bits per heavy atom. The van der Waals surface area contributed by atoms with Crippen LogP contribution in [0.15, 0.2) is 36.4 Å². The van der Waals surface area contributed by atoms with Crippen molar-refractivity contribution in [2.24, 2.45) is 17.8 Å². The summed E-state index contributed by atoms with van der Waals surface area (Å²) in [6.07, 6.45) is -5.19. The molecule has 1 aliphatic carbocycles. The summed E-state index contributed by atoms with van der Waals surface area (Å²) in [5.74, 6) is -0.328. The number of ether oxygens (including phenoxy) is 1. The van der Waals surface area contributed by atoms with Gasteiger partial charge in [0.2, 0.25) is 0 Å². The Labute approximate surface area is 222 Å². The molecule has 2 aromatic rings. The van der Waals surface area contributed by atoms with Crippen LogP contribution < -0.4 is 4.74 Å². The van der Waals surface area contributed by atoms with E-state index in [9.17, 15) is 36.2 Å². The fourth-order valence-corrected chi connectivity index (χ4v) is 6.11. The SMILES string of the molecule is C[C@H](C(=O)O)[C@H](c1ccc2c(c1)OC(C1CN(Cc3cc(C(F)(F)F)ccc3C(F)(F)F)C1)CCC2)C1CC1. The Morgan fingerprint density at radius 2 is 1.74 bits per heavy atom. The molecule has 39 heavy (non-hydrogen) atoms. The highest BCUT2D eigenvalue weighted by molar-refractivity contribution is 5.71. The number of carboxylic acid groups (broad SMARTS) is 1. The number of rotatable bonds is 7. The van der Waals surface area contributed by atoms with E-state index in [0.29, 0.717) is 37.2 Å². The van der Waals surface area contributed by atoms with Crippen molar-refractivity contribution in [2.45, 2.75) is 69.9 Å². The monoisotopic (exact) mass is 555 g/mol. The maximum Gasteiger partial charge on any atom is 0.416 e. The predicted octanol–water partition coefficient (Wildman–Crippen LogP) is 7.15. The molecule has 1 saturated carbocycles. The van der Waals surface area contributed by atoms with Gasteiger partial charge in [0, 0.05) is 25.6 Å². The van der Waals surface area contributed by atoms with Gasteiger partial charge in [-0.05, 0) is 84.9 Å². The number of carbonyl (C=O) groups is 1. The van der Waals surface area contributed by atoms with E-state index in [2.05, 4.69) is 0 Å². The van der Waals surface area contributed by atoms with Gasteiger partial charge >= 0.3 is 18.3 Å². The van der Waals surface area contributed by atoms with E-state index < -0.39 is 35.4 Å². The Hall–Kier alpha value is -2.75. The Kier molecular flexibility index (Phi) is 7.37. The predicted molar refractivity (Wildman–Crippen MR) is 131 cm³/mol. The smallest absolute Gasteiger partial charge is 0.416 e. The highest BCUT2D eigenvalue weighted by Crippen LogP contribution is 2.48. The van der Waals surface area contributed by atoms with Crippen LogP contribution in [-0.4, -0.2) is 35.2 Å². The number of hydrogen-bond donors (Lipinski definition) is 1. The molecule has 2 aliphatic heterocycles. The molecule has 0 spiro atoms. The first-order valence-electron chi connectivity index (χ1n) is 13.3. The van der Waals surface area contributed by atoms with Crippen LogP contribution in [0.5, 0.6) is 5.75 Å². The highest BCUT2D eigenvalue weighted by atomic mass is 19.4.